The quantitative estimate of drug-likeness (QED) is 0.363. The van der Waals surface area contributed by atoms with Crippen LogP contribution in [0.4, 0.5) is 5.82 Å². The maximum absolute atomic E-state index is 12.7. The lowest BCUT2D eigenvalue weighted by Crippen LogP contribution is -2.45. The van der Waals surface area contributed by atoms with E-state index < -0.39 is 6.10 Å². The van der Waals surface area contributed by atoms with Crippen LogP contribution in [0, 0.1) is 0 Å². The fourth-order valence-corrected chi connectivity index (χ4v) is 4.91. The normalized spacial score (nSPS) is 18.4. The van der Waals surface area contributed by atoms with E-state index in [0.29, 0.717) is 21.8 Å². The fourth-order valence-electron chi connectivity index (χ4n) is 4.66. The minimum absolute atomic E-state index is 0.147. The second kappa shape index (κ2) is 11.0. The molecule has 1 fully saturated rings. The van der Waals surface area contributed by atoms with E-state index in [0.717, 1.165) is 41.2 Å². The Morgan fingerprint density at radius 3 is 2.63 bits per heavy atom. The molecule has 0 radical (unpaired) electrons. The summed E-state index contributed by atoms with van der Waals surface area (Å²) >= 11 is 6.13. The predicted octanol–water partition coefficient (Wildman–Crippen LogP) is 4.94. The standard InChI is InChI=1S/C29H30ClN5O3/c1-17-15-35(16-18(2)38-17)28-6-4-5-25(34-28)26-8-7-20-13-31-24(12-27(20)33-26)14-32-29(37)22-9-21(19(3)36)10-23(30)11-22/h4-13,17-19,36H,14-16H2,1-3H3,(H,32,37)/t17-,18+,19-/m1/s1. The summed E-state index contributed by atoms with van der Waals surface area (Å²) in [6.45, 7) is 7.59. The second-order valence-corrected chi connectivity index (χ2v) is 10.2. The van der Waals surface area contributed by atoms with Crippen LogP contribution in [0.5, 0.6) is 0 Å². The third-order valence-corrected chi connectivity index (χ3v) is 6.68. The SMILES string of the molecule is C[C@@H]1CN(c2cccc(-c3ccc4cnc(CNC(=O)c5cc(Cl)cc([C@@H](C)O)c5)cc4n3)n2)C[C@H](C)O1. The number of fused-ring (bicyclic) bond motifs is 1. The lowest BCUT2D eigenvalue weighted by atomic mass is 10.1. The van der Waals surface area contributed by atoms with Crippen molar-refractivity contribution in [3.63, 3.8) is 0 Å². The number of carbonyl (C=O) groups excluding carboxylic acids is 1. The van der Waals surface area contributed by atoms with Gasteiger partial charge < -0.3 is 20.1 Å². The first-order valence-corrected chi connectivity index (χ1v) is 13.0. The molecule has 0 spiro atoms. The molecule has 38 heavy (non-hydrogen) atoms. The summed E-state index contributed by atoms with van der Waals surface area (Å²) in [5.74, 6) is 0.607. The summed E-state index contributed by atoms with van der Waals surface area (Å²) in [7, 11) is 0. The van der Waals surface area contributed by atoms with E-state index >= 15 is 0 Å². The average Bonchev–Trinajstić information content (AvgIpc) is 2.90. The number of ether oxygens (including phenoxy) is 1. The first kappa shape index (κ1) is 26.0. The van der Waals surface area contributed by atoms with Crippen LogP contribution in [-0.2, 0) is 11.3 Å². The van der Waals surface area contributed by atoms with Crippen molar-refractivity contribution in [1.29, 1.82) is 0 Å². The molecule has 5 rings (SSSR count). The number of aromatic nitrogens is 3. The third-order valence-electron chi connectivity index (χ3n) is 6.47. The minimum atomic E-state index is -0.723. The van der Waals surface area contributed by atoms with E-state index in [1.165, 1.54) is 0 Å². The van der Waals surface area contributed by atoms with E-state index in [4.69, 9.17) is 26.3 Å². The lowest BCUT2D eigenvalue weighted by Gasteiger charge is -2.36. The summed E-state index contributed by atoms with van der Waals surface area (Å²) in [4.78, 5) is 29.2. The summed E-state index contributed by atoms with van der Waals surface area (Å²) in [5.41, 5.74) is 3.95. The highest BCUT2D eigenvalue weighted by Crippen LogP contribution is 2.25. The Hall–Kier alpha value is -3.59. The Bertz CT molecular complexity index is 1470. The van der Waals surface area contributed by atoms with Crippen molar-refractivity contribution in [2.45, 2.75) is 45.6 Å². The Labute approximate surface area is 226 Å². The number of hydrogen-bond acceptors (Lipinski definition) is 7. The topological polar surface area (TPSA) is 100 Å². The molecular weight excluding hydrogens is 502 g/mol. The van der Waals surface area contributed by atoms with Crippen molar-refractivity contribution in [3.05, 3.63) is 82.6 Å². The number of halogens is 1. The van der Waals surface area contributed by atoms with Gasteiger partial charge >= 0.3 is 0 Å². The zero-order valence-corrected chi connectivity index (χ0v) is 22.3. The van der Waals surface area contributed by atoms with Crippen molar-refractivity contribution < 1.29 is 14.6 Å². The fraction of sp³-hybridized carbons (Fsp3) is 0.310. The molecule has 1 aliphatic rings. The molecular formula is C29H30ClN5O3. The van der Waals surface area contributed by atoms with Gasteiger partial charge in [0, 0.05) is 35.3 Å². The summed E-state index contributed by atoms with van der Waals surface area (Å²) in [6.07, 6.45) is 1.32. The highest BCUT2D eigenvalue weighted by atomic mass is 35.5. The molecule has 0 aliphatic carbocycles. The van der Waals surface area contributed by atoms with E-state index in [1.54, 1.807) is 31.3 Å². The third kappa shape index (κ3) is 5.93. The van der Waals surface area contributed by atoms with Crippen LogP contribution < -0.4 is 10.2 Å². The zero-order valence-electron chi connectivity index (χ0n) is 21.6. The number of rotatable bonds is 6. The monoisotopic (exact) mass is 531 g/mol. The Morgan fingerprint density at radius 1 is 1.11 bits per heavy atom. The van der Waals surface area contributed by atoms with E-state index in [2.05, 4.69) is 29.0 Å². The molecule has 4 aromatic rings. The molecule has 0 bridgehead atoms. The number of hydrogen-bond donors (Lipinski definition) is 2. The van der Waals surface area contributed by atoms with E-state index in [9.17, 15) is 9.90 Å². The molecule has 1 saturated heterocycles. The van der Waals surface area contributed by atoms with Crippen LogP contribution in [0.3, 0.4) is 0 Å². The summed E-state index contributed by atoms with van der Waals surface area (Å²) in [6, 6.07) is 16.6. The molecule has 196 valence electrons. The van der Waals surface area contributed by atoms with Gasteiger partial charge in [-0.1, -0.05) is 17.7 Å². The van der Waals surface area contributed by atoms with Crippen molar-refractivity contribution in [2.75, 3.05) is 18.0 Å². The van der Waals surface area contributed by atoms with Gasteiger partial charge in [0.15, 0.2) is 0 Å². The van der Waals surface area contributed by atoms with Crippen LogP contribution in [0.2, 0.25) is 5.02 Å². The number of aliphatic hydroxyl groups excluding tert-OH is 1. The van der Waals surface area contributed by atoms with Crippen molar-refractivity contribution in [1.82, 2.24) is 20.3 Å². The molecule has 1 aliphatic heterocycles. The molecule has 3 atom stereocenters. The predicted molar refractivity (Wildman–Crippen MR) is 148 cm³/mol. The van der Waals surface area contributed by atoms with Crippen LogP contribution in [0.1, 0.15) is 48.5 Å². The van der Waals surface area contributed by atoms with E-state index in [1.807, 2.05) is 36.4 Å². The van der Waals surface area contributed by atoms with Gasteiger partial charge in [-0.3, -0.25) is 9.78 Å². The maximum Gasteiger partial charge on any atom is 0.251 e. The largest absolute Gasteiger partial charge is 0.389 e. The first-order valence-electron chi connectivity index (χ1n) is 12.7. The van der Waals surface area contributed by atoms with Gasteiger partial charge in [0.2, 0.25) is 0 Å². The number of benzene rings is 1. The average molecular weight is 532 g/mol. The van der Waals surface area contributed by atoms with E-state index in [-0.39, 0.29) is 24.7 Å². The number of aliphatic hydroxyl groups is 1. The van der Waals surface area contributed by atoms with Crippen molar-refractivity contribution in [3.8, 4) is 11.4 Å². The Balaban J connectivity index is 1.34. The number of amides is 1. The Morgan fingerprint density at radius 2 is 1.87 bits per heavy atom. The number of anilines is 1. The highest BCUT2D eigenvalue weighted by molar-refractivity contribution is 6.31. The lowest BCUT2D eigenvalue weighted by molar-refractivity contribution is -0.00545. The number of nitrogens with zero attached hydrogens (tertiary/aromatic N) is 4. The zero-order chi connectivity index (χ0) is 26.8. The number of nitrogens with one attached hydrogen (secondary N) is 1. The molecule has 0 saturated carbocycles. The van der Waals surface area contributed by atoms with Crippen LogP contribution in [-0.4, -0.2) is 51.3 Å². The Kier molecular flexibility index (Phi) is 7.56. The van der Waals surface area contributed by atoms with Crippen LogP contribution in [0.25, 0.3) is 22.3 Å². The van der Waals surface area contributed by atoms with Gasteiger partial charge in [-0.15, -0.1) is 0 Å². The van der Waals surface area contributed by atoms with Crippen molar-refractivity contribution in [2.24, 2.45) is 0 Å². The second-order valence-electron chi connectivity index (χ2n) is 9.74. The maximum atomic E-state index is 12.7. The number of carbonyl (C=O) groups is 1. The molecule has 9 heteroatoms. The van der Waals surface area contributed by atoms with Gasteiger partial charge in [-0.25, -0.2) is 9.97 Å². The van der Waals surface area contributed by atoms with Crippen LogP contribution >= 0.6 is 11.6 Å². The molecule has 1 amide bonds. The summed E-state index contributed by atoms with van der Waals surface area (Å²) < 4.78 is 5.86. The van der Waals surface area contributed by atoms with Gasteiger partial charge in [0.05, 0.1) is 47.5 Å². The van der Waals surface area contributed by atoms with Gasteiger partial charge in [0.25, 0.3) is 5.91 Å². The summed E-state index contributed by atoms with van der Waals surface area (Å²) in [5, 5.41) is 14.0. The highest BCUT2D eigenvalue weighted by Gasteiger charge is 2.23. The first-order chi connectivity index (χ1) is 18.2. The molecule has 3 aromatic heterocycles. The number of morpholine rings is 1. The number of pyridine rings is 3. The van der Waals surface area contributed by atoms with Crippen molar-refractivity contribution >= 4 is 34.2 Å². The van der Waals surface area contributed by atoms with Gasteiger partial charge in [-0.05, 0) is 74.9 Å². The molecule has 8 nitrogen and oxygen atoms in total. The minimum Gasteiger partial charge on any atom is -0.389 e. The smallest absolute Gasteiger partial charge is 0.251 e. The molecule has 0 unspecified atom stereocenters. The molecule has 1 aromatic carbocycles. The van der Waals surface area contributed by atoms with Gasteiger partial charge in [0.1, 0.15) is 5.82 Å². The van der Waals surface area contributed by atoms with Gasteiger partial charge in [-0.2, -0.15) is 0 Å². The molecule has 4 heterocycles. The van der Waals surface area contributed by atoms with Crippen LogP contribution in [0.15, 0.2) is 60.8 Å². The molecule has 2 N–H and O–H groups in total.